The number of hydrogen-bond acceptors (Lipinski definition) is 5. The predicted octanol–water partition coefficient (Wildman–Crippen LogP) is 3.97. The van der Waals surface area contributed by atoms with Crippen LogP contribution in [0.2, 0.25) is 0 Å². The summed E-state index contributed by atoms with van der Waals surface area (Å²) in [6.07, 6.45) is 0.910. The Hall–Kier alpha value is -2.73. The second-order valence-corrected chi connectivity index (χ2v) is 8.37. The largest absolute Gasteiger partial charge is 0.497 e. The molecule has 1 aliphatic heterocycles. The molecule has 0 saturated carbocycles. The van der Waals surface area contributed by atoms with E-state index in [1.54, 1.807) is 21.3 Å². The molecule has 3 rings (SSSR count). The summed E-state index contributed by atoms with van der Waals surface area (Å²) in [4.78, 5) is 14.9. The number of carbonyl (C=O) groups excluding carboxylic acids is 1. The van der Waals surface area contributed by atoms with Gasteiger partial charge in [0.1, 0.15) is 5.75 Å². The molecule has 1 aliphatic rings. The van der Waals surface area contributed by atoms with Gasteiger partial charge in [0.25, 0.3) is 0 Å². The Bertz CT molecular complexity index is 895. The second kappa shape index (κ2) is 10.1. The maximum Gasteiger partial charge on any atom is 0.222 e. The molecule has 1 amide bonds. The Labute approximate surface area is 185 Å². The number of hydrogen-bond donors (Lipinski definition) is 1. The SMILES string of the molecule is COc1ccc(CN2CCc3cc(OC)c(OC)cc3[C@@H]2[C@H](C)NC(=O)C(C)C)cc1. The number of carbonyl (C=O) groups is 1. The zero-order chi connectivity index (χ0) is 22.5. The van der Waals surface area contributed by atoms with Gasteiger partial charge in [-0.3, -0.25) is 9.69 Å². The number of amides is 1. The monoisotopic (exact) mass is 426 g/mol. The standard InChI is InChI=1S/C25H34N2O4/c1-16(2)25(28)26-17(3)24-21-14-23(31-6)22(30-5)13-19(21)11-12-27(24)15-18-7-9-20(29-4)10-8-18/h7-10,13-14,16-17,24H,11-12,15H2,1-6H3,(H,26,28)/t17-,24-/m0/s1. The molecule has 6 nitrogen and oxygen atoms in total. The highest BCUT2D eigenvalue weighted by Gasteiger charge is 2.34. The first-order chi connectivity index (χ1) is 14.9. The third-order valence-corrected chi connectivity index (χ3v) is 5.94. The molecule has 0 aliphatic carbocycles. The highest BCUT2D eigenvalue weighted by atomic mass is 16.5. The molecule has 0 aromatic heterocycles. The number of methoxy groups -OCH3 is 3. The van der Waals surface area contributed by atoms with Crippen molar-refractivity contribution in [1.82, 2.24) is 10.2 Å². The summed E-state index contributed by atoms with van der Waals surface area (Å²) < 4.78 is 16.4. The topological polar surface area (TPSA) is 60.0 Å². The van der Waals surface area contributed by atoms with Gasteiger partial charge in [-0.2, -0.15) is 0 Å². The minimum Gasteiger partial charge on any atom is -0.497 e. The molecule has 6 heteroatoms. The lowest BCUT2D eigenvalue weighted by Gasteiger charge is -2.41. The Kier molecular flexibility index (Phi) is 7.44. The molecular formula is C25H34N2O4. The van der Waals surface area contributed by atoms with Crippen molar-refractivity contribution in [2.75, 3.05) is 27.9 Å². The Morgan fingerprint density at radius 1 is 1.03 bits per heavy atom. The maximum absolute atomic E-state index is 12.5. The molecule has 168 valence electrons. The smallest absolute Gasteiger partial charge is 0.222 e. The molecule has 0 bridgehead atoms. The van der Waals surface area contributed by atoms with Crippen LogP contribution in [0.3, 0.4) is 0 Å². The van der Waals surface area contributed by atoms with Crippen molar-refractivity contribution in [3.8, 4) is 17.2 Å². The number of benzene rings is 2. The number of nitrogens with zero attached hydrogens (tertiary/aromatic N) is 1. The van der Waals surface area contributed by atoms with Gasteiger partial charge in [0.15, 0.2) is 11.5 Å². The minimum absolute atomic E-state index is 0.0216. The Morgan fingerprint density at radius 3 is 2.26 bits per heavy atom. The summed E-state index contributed by atoms with van der Waals surface area (Å²) >= 11 is 0. The molecule has 0 radical (unpaired) electrons. The first kappa shape index (κ1) is 22.9. The fourth-order valence-corrected chi connectivity index (χ4v) is 4.23. The van der Waals surface area contributed by atoms with Crippen LogP contribution in [0.15, 0.2) is 36.4 Å². The number of ether oxygens (including phenoxy) is 3. The van der Waals surface area contributed by atoms with E-state index in [0.29, 0.717) is 5.75 Å². The van der Waals surface area contributed by atoms with Crippen molar-refractivity contribution < 1.29 is 19.0 Å². The number of fused-ring (bicyclic) bond motifs is 1. The molecule has 0 unspecified atom stereocenters. The lowest BCUT2D eigenvalue weighted by molar-refractivity contribution is -0.125. The Balaban J connectivity index is 1.96. The van der Waals surface area contributed by atoms with Gasteiger partial charge in [0, 0.05) is 25.0 Å². The van der Waals surface area contributed by atoms with Crippen LogP contribution in [0.4, 0.5) is 0 Å². The van der Waals surface area contributed by atoms with Crippen LogP contribution in [0.5, 0.6) is 17.2 Å². The van der Waals surface area contributed by atoms with Crippen LogP contribution in [-0.2, 0) is 17.8 Å². The highest BCUT2D eigenvalue weighted by molar-refractivity contribution is 5.78. The van der Waals surface area contributed by atoms with Crippen molar-refractivity contribution in [3.63, 3.8) is 0 Å². The van der Waals surface area contributed by atoms with Gasteiger partial charge in [0.05, 0.1) is 27.4 Å². The summed E-state index contributed by atoms with van der Waals surface area (Å²) in [5.74, 6) is 2.29. The Morgan fingerprint density at radius 2 is 1.68 bits per heavy atom. The zero-order valence-electron chi connectivity index (χ0n) is 19.4. The average molecular weight is 427 g/mol. The van der Waals surface area contributed by atoms with E-state index in [2.05, 4.69) is 41.4 Å². The van der Waals surface area contributed by atoms with E-state index in [1.807, 2.05) is 26.0 Å². The van der Waals surface area contributed by atoms with Gasteiger partial charge in [-0.15, -0.1) is 0 Å². The van der Waals surface area contributed by atoms with Crippen LogP contribution in [-0.4, -0.2) is 44.7 Å². The lowest BCUT2D eigenvalue weighted by Crippen LogP contribution is -2.48. The van der Waals surface area contributed by atoms with Crippen molar-refractivity contribution in [2.45, 2.75) is 45.8 Å². The second-order valence-electron chi connectivity index (χ2n) is 8.37. The van der Waals surface area contributed by atoms with Gasteiger partial charge >= 0.3 is 0 Å². The molecule has 0 spiro atoms. The lowest BCUT2D eigenvalue weighted by atomic mass is 9.87. The van der Waals surface area contributed by atoms with Gasteiger partial charge in [-0.05, 0) is 54.3 Å². The van der Waals surface area contributed by atoms with Gasteiger partial charge < -0.3 is 19.5 Å². The normalized spacial score (nSPS) is 17.1. The average Bonchev–Trinajstić information content (AvgIpc) is 2.78. The molecule has 0 saturated heterocycles. The van der Waals surface area contributed by atoms with Gasteiger partial charge in [0.2, 0.25) is 5.91 Å². The van der Waals surface area contributed by atoms with Crippen LogP contribution in [0.1, 0.15) is 43.5 Å². The summed E-state index contributed by atoms with van der Waals surface area (Å²) in [7, 11) is 4.99. The zero-order valence-corrected chi connectivity index (χ0v) is 19.4. The van der Waals surface area contributed by atoms with E-state index in [9.17, 15) is 4.79 Å². The molecule has 1 heterocycles. The van der Waals surface area contributed by atoms with E-state index >= 15 is 0 Å². The van der Waals surface area contributed by atoms with E-state index in [0.717, 1.165) is 31.0 Å². The first-order valence-corrected chi connectivity index (χ1v) is 10.8. The highest BCUT2D eigenvalue weighted by Crippen LogP contribution is 2.40. The van der Waals surface area contributed by atoms with E-state index < -0.39 is 0 Å². The van der Waals surface area contributed by atoms with E-state index in [1.165, 1.54) is 16.7 Å². The number of nitrogens with one attached hydrogen (secondary N) is 1. The predicted molar refractivity (Wildman–Crippen MR) is 122 cm³/mol. The van der Waals surface area contributed by atoms with Crippen molar-refractivity contribution in [1.29, 1.82) is 0 Å². The van der Waals surface area contributed by atoms with Crippen molar-refractivity contribution in [3.05, 3.63) is 53.1 Å². The van der Waals surface area contributed by atoms with Crippen LogP contribution < -0.4 is 19.5 Å². The van der Waals surface area contributed by atoms with Crippen LogP contribution in [0.25, 0.3) is 0 Å². The summed E-state index contributed by atoms with van der Waals surface area (Å²) in [5, 5.41) is 3.22. The van der Waals surface area contributed by atoms with Gasteiger partial charge in [-0.1, -0.05) is 26.0 Å². The number of rotatable bonds is 8. The van der Waals surface area contributed by atoms with Crippen molar-refractivity contribution in [2.24, 2.45) is 5.92 Å². The third-order valence-electron chi connectivity index (χ3n) is 5.94. The van der Waals surface area contributed by atoms with Gasteiger partial charge in [-0.25, -0.2) is 0 Å². The van der Waals surface area contributed by atoms with Crippen LogP contribution in [0, 0.1) is 5.92 Å². The molecule has 2 atom stereocenters. The van der Waals surface area contributed by atoms with Crippen LogP contribution >= 0.6 is 0 Å². The molecule has 2 aromatic rings. The van der Waals surface area contributed by atoms with E-state index in [4.69, 9.17) is 14.2 Å². The third kappa shape index (κ3) is 5.13. The maximum atomic E-state index is 12.5. The van der Waals surface area contributed by atoms with E-state index in [-0.39, 0.29) is 23.9 Å². The summed E-state index contributed by atoms with van der Waals surface area (Å²) in [5.41, 5.74) is 3.62. The summed E-state index contributed by atoms with van der Waals surface area (Å²) in [6, 6.07) is 12.3. The fourth-order valence-electron chi connectivity index (χ4n) is 4.23. The minimum atomic E-state index is -0.0645. The molecular weight excluding hydrogens is 392 g/mol. The molecule has 31 heavy (non-hydrogen) atoms. The molecule has 1 N–H and O–H groups in total. The molecule has 0 fully saturated rings. The summed E-state index contributed by atoms with van der Waals surface area (Å²) in [6.45, 7) is 7.59. The van der Waals surface area contributed by atoms with Crippen molar-refractivity contribution >= 4 is 5.91 Å². The fraction of sp³-hybridized carbons (Fsp3) is 0.480. The molecule has 2 aromatic carbocycles. The quantitative estimate of drug-likeness (QED) is 0.692. The first-order valence-electron chi connectivity index (χ1n) is 10.8.